The second-order valence-electron chi connectivity index (χ2n) is 6.09. The van der Waals surface area contributed by atoms with Crippen LogP contribution in [0.15, 0.2) is 61.9 Å². The molecular weight excluding hydrogens is 440 g/mol. The highest BCUT2D eigenvalue weighted by molar-refractivity contribution is 9.11. The number of nitrogens with one attached hydrogen (secondary N) is 1. The zero-order chi connectivity index (χ0) is 18.6. The van der Waals surface area contributed by atoms with Crippen molar-refractivity contribution in [2.75, 3.05) is 6.54 Å². The van der Waals surface area contributed by atoms with Gasteiger partial charge in [0.15, 0.2) is 0 Å². The van der Waals surface area contributed by atoms with Gasteiger partial charge in [0.1, 0.15) is 0 Å². The van der Waals surface area contributed by atoms with Crippen LogP contribution in [-0.4, -0.2) is 22.4 Å². The van der Waals surface area contributed by atoms with E-state index in [0.29, 0.717) is 0 Å². The van der Waals surface area contributed by atoms with Crippen molar-refractivity contribution in [3.8, 4) is 10.6 Å². The van der Waals surface area contributed by atoms with Crippen LogP contribution in [0.1, 0.15) is 25.3 Å². The van der Waals surface area contributed by atoms with Crippen molar-refractivity contribution in [1.29, 1.82) is 0 Å². The van der Waals surface area contributed by atoms with E-state index >= 15 is 0 Å². The highest BCUT2D eigenvalue weighted by Crippen LogP contribution is 2.31. The van der Waals surface area contributed by atoms with Crippen molar-refractivity contribution in [1.82, 2.24) is 9.66 Å². The van der Waals surface area contributed by atoms with Crippen LogP contribution in [0.2, 0.25) is 0 Å². The topological polar surface area (TPSA) is 45.4 Å². The fourth-order valence-electron chi connectivity index (χ4n) is 2.80. The number of aromatic amines is 1. The molecule has 138 valence electrons. The molecule has 0 bridgehead atoms. The van der Waals surface area contributed by atoms with Gasteiger partial charge in [-0.05, 0) is 40.5 Å². The Balaban J connectivity index is 1.77. The first kappa shape index (κ1) is 18.4. The van der Waals surface area contributed by atoms with Crippen LogP contribution in [0.25, 0.3) is 21.5 Å². The highest BCUT2D eigenvalue weighted by Gasteiger charge is 2.10. The molecule has 0 fully saturated rings. The Morgan fingerprint density at radius 3 is 2.93 bits per heavy atom. The summed E-state index contributed by atoms with van der Waals surface area (Å²) in [4.78, 5) is 10.2. The van der Waals surface area contributed by atoms with E-state index in [1.165, 1.54) is 10.3 Å². The number of halogens is 1. The Morgan fingerprint density at radius 2 is 2.11 bits per heavy atom. The van der Waals surface area contributed by atoms with E-state index in [0.717, 1.165) is 44.7 Å². The monoisotopic (exact) mass is 458 g/mol. The summed E-state index contributed by atoms with van der Waals surface area (Å²) in [5.74, 6) is 0. The number of unbranched alkanes of at least 4 members (excludes halogenated alkanes) is 1. The zero-order valence-electron chi connectivity index (χ0n) is 14.9. The molecule has 3 aromatic heterocycles. The van der Waals surface area contributed by atoms with E-state index in [1.54, 1.807) is 22.7 Å². The molecule has 1 N–H and O–H groups in total. The lowest BCUT2D eigenvalue weighted by Gasteiger charge is -2.01. The number of thiazole rings is 1. The molecule has 0 aliphatic heterocycles. The van der Waals surface area contributed by atoms with Crippen LogP contribution in [0.3, 0.4) is 0 Å². The number of rotatable bonds is 6. The fourth-order valence-corrected chi connectivity index (χ4v) is 5.11. The van der Waals surface area contributed by atoms with E-state index < -0.39 is 0 Å². The molecule has 0 spiro atoms. The largest absolute Gasteiger partial charge is 0.361 e. The van der Waals surface area contributed by atoms with Crippen LogP contribution >= 0.6 is 38.6 Å². The van der Waals surface area contributed by atoms with Crippen molar-refractivity contribution in [3.63, 3.8) is 0 Å². The summed E-state index contributed by atoms with van der Waals surface area (Å²) in [5, 5.41) is 8.11. The molecule has 0 saturated heterocycles. The van der Waals surface area contributed by atoms with Gasteiger partial charge in [-0.1, -0.05) is 31.5 Å². The van der Waals surface area contributed by atoms with Crippen molar-refractivity contribution >= 4 is 55.7 Å². The number of hydrogen-bond donors (Lipinski definition) is 1. The second kappa shape index (κ2) is 8.37. The van der Waals surface area contributed by atoms with Crippen LogP contribution in [0.4, 0.5) is 0 Å². The average Bonchev–Trinajstić information content (AvgIpc) is 3.39. The number of fused-ring (bicyclic) bond motifs is 1. The minimum atomic E-state index is 0.827. The SMILES string of the molecule is CCCCN=c1scc(-c2ccc(Br)s2)n1N=Cc1c[nH]c2ccccc12. The van der Waals surface area contributed by atoms with Gasteiger partial charge in [0.25, 0.3) is 0 Å². The van der Waals surface area contributed by atoms with E-state index in [-0.39, 0.29) is 0 Å². The van der Waals surface area contributed by atoms with Crippen LogP contribution < -0.4 is 4.80 Å². The minimum absolute atomic E-state index is 0.827. The predicted octanol–water partition coefficient (Wildman–Crippen LogP) is 6.10. The first-order valence-electron chi connectivity index (χ1n) is 8.83. The summed E-state index contributed by atoms with van der Waals surface area (Å²) in [6, 6.07) is 12.4. The molecule has 1 aromatic carbocycles. The smallest absolute Gasteiger partial charge is 0.206 e. The molecule has 0 atom stereocenters. The molecule has 4 nitrogen and oxygen atoms in total. The fraction of sp³-hybridized carbons (Fsp3) is 0.200. The summed E-state index contributed by atoms with van der Waals surface area (Å²) in [7, 11) is 0. The van der Waals surface area contributed by atoms with E-state index in [2.05, 4.69) is 57.5 Å². The number of para-hydroxylation sites is 1. The van der Waals surface area contributed by atoms with Crippen molar-refractivity contribution in [2.45, 2.75) is 19.8 Å². The third-order valence-corrected chi connectivity index (χ3v) is 6.70. The van der Waals surface area contributed by atoms with E-state index in [9.17, 15) is 0 Å². The van der Waals surface area contributed by atoms with E-state index in [4.69, 9.17) is 10.1 Å². The number of benzene rings is 1. The van der Waals surface area contributed by atoms with Gasteiger partial charge in [-0.3, -0.25) is 4.99 Å². The Hall–Kier alpha value is -1.96. The Labute approximate surface area is 174 Å². The van der Waals surface area contributed by atoms with Gasteiger partial charge in [0.05, 0.1) is 20.6 Å². The standard InChI is InChI=1S/C20H19BrN4S2/c1-2-3-10-22-20-25(17(13-26-20)18-8-9-19(21)27-18)24-12-14-11-23-16-7-5-4-6-15(14)16/h4-9,11-13,23H,2-3,10H2,1H3. The second-order valence-corrected chi connectivity index (χ2v) is 9.39. The number of aromatic nitrogens is 2. The quantitative estimate of drug-likeness (QED) is 0.267. The van der Waals surface area contributed by atoms with Crippen molar-refractivity contribution < 1.29 is 0 Å². The number of thiophene rings is 1. The molecule has 4 rings (SSSR count). The van der Waals surface area contributed by atoms with Gasteiger partial charge in [0.2, 0.25) is 4.80 Å². The maximum absolute atomic E-state index is 4.80. The molecule has 0 amide bonds. The molecule has 0 aliphatic rings. The third-order valence-electron chi connectivity index (χ3n) is 4.20. The van der Waals surface area contributed by atoms with Crippen LogP contribution in [0, 0.1) is 0 Å². The van der Waals surface area contributed by atoms with E-state index in [1.807, 2.05) is 29.2 Å². The Morgan fingerprint density at radius 1 is 1.22 bits per heavy atom. The lowest BCUT2D eigenvalue weighted by atomic mass is 10.2. The highest BCUT2D eigenvalue weighted by atomic mass is 79.9. The average molecular weight is 459 g/mol. The number of H-pyrrole nitrogens is 1. The van der Waals surface area contributed by atoms with Gasteiger partial charge in [0, 0.05) is 34.6 Å². The number of nitrogens with zero attached hydrogens (tertiary/aromatic N) is 3. The van der Waals surface area contributed by atoms with Gasteiger partial charge in [-0.15, -0.1) is 22.7 Å². The summed E-state index contributed by atoms with van der Waals surface area (Å²) >= 11 is 6.90. The molecule has 0 radical (unpaired) electrons. The molecule has 3 heterocycles. The van der Waals surface area contributed by atoms with Crippen molar-refractivity contribution in [2.24, 2.45) is 10.1 Å². The summed E-state index contributed by atoms with van der Waals surface area (Å²) in [6.07, 6.45) is 6.13. The third kappa shape index (κ3) is 4.00. The first-order valence-corrected chi connectivity index (χ1v) is 11.3. The number of hydrogen-bond acceptors (Lipinski definition) is 4. The minimum Gasteiger partial charge on any atom is -0.361 e. The van der Waals surface area contributed by atoms with Crippen LogP contribution in [-0.2, 0) is 0 Å². The molecule has 0 unspecified atom stereocenters. The summed E-state index contributed by atoms with van der Waals surface area (Å²) < 4.78 is 3.07. The molecule has 0 aliphatic carbocycles. The first-order chi connectivity index (χ1) is 13.3. The summed E-state index contributed by atoms with van der Waals surface area (Å²) in [5.41, 5.74) is 3.26. The van der Waals surface area contributed by atoms with Gasteiger partial charge >= 0.3 is 0 Å². The lowest BCUT2D eigenvalue weighted by molar-refractivity contribution is 0.764. The zero-order valence-corrected chi connectivity index (χ0v) is 18.1. The van der Waals surface area contributed by atoms with Crippen molar-refractivity contribution in [3.05, 3.63) is 62.1 Å². The molecule has 27 heavy (non-hydrogen) atoms. The predicted molar refractivity (Wildman–Crippen MR) is 120 cm³/mol. The lowest BCUT2D eigenvalue weighted by Crippen LogP contribution is -2.12. The van der Waals surface area contributed by atoms with Gasteiger partial charge in [-0.25, -0.2) is 4.68 Å². The maximum atomic E-state index is 4.80. The molecule has 4 aromatic rings. The normalized spacial score (nSPS) is 12.6. The summed E-state index contributed by atoms with van der Waals surface area (Å²) in [6.45, 7) is 3.01. The molecule has 0 saturated carbocycles. The van der Waals surface area contributed by atoms with Gasteiger partial charge < -0.3 is 4.98 Å². The molecule has 7 heteroatoms. The Bertz CT molecular complexity index is 1150. The van der Waals surface area contributed by atoms with Gasteiger partial charge in [-0.2, -0.15) is 5.10 Å². The maximum Gasteiger partial charge on any atom is 0.206 e. The Kier molecular flexibility index (Phi) is 5.71. The molecular formula is C20H19BrN4S2. The van der Waals surface area contributed by atoms with Crippen LogP contribution in [0.5, 0.6) is 0 Å².